The van der Waals surface area contributed by atoms with Gasteiger partial charge in [0.2, 0.25) is 0 Å². The fraction of sp³-hybridized carbons (Fsp3) is 0.133. The second-order valence-electron chi connectivity index (χ2n) is 4.82. The maximum Gasteiger partial charge on any atom is 0.284 e. The van der Waals surface area contributed by atoms with Crippen molar-refractivity contribution in [2.75, 3.05) is 7.05 Å². The van der Waals surface area contributed by atoms with E-state index in [1.54, 1.807) is 0 Å². The van der Waals surface area contributed by atoms with Crippen molar-refractivity contribution in [3.8, 4) is 0 Å². The first kappa shape index (κ1) is 17.0. The highest BCUT2D eigenvalue weighted by molar-refractivity contribution is 9.10. The molecule has 0 bridgehead atoms. The van der Waals surface area contributed by atoms with Crippen LogP contribution in [0.3, 0.4) is 0 Å². The van der Waals surface area contributed by atoms with Crippen LogP contribution in [-0.4, -0.2) is 22.8 Å². The lowest BCUT2D eigenvalue weighted by molar-refractivity contribution is -0.385. The van der Waals surface area contributed by atoms with Gasteiger partial charge in [-0.05, 0) is 34.1 Å². The van der Waals surface area contributed by atoms with Crippen LogP contribution in [0.4, 0.5) is 14.5 Å². The summed E-state index contributed by atoms with van der Waals surface area (Å²) in [6.45, 7) is -0.0885. The van der Waals surface area contributed by atoms with Gasteiger partial charge >= 0.3 is 0 Å². The van der Waals surface area contributed by atoms with E-state index in [-0.39, 0.29) is 27.8 Å². The Morgan fingerprint density at radius 1 is 1.26 bits per heavy atom. The number of benzene rings is 2. The van der Waals surface area contributed by atoms with Crippen molar-refractivity contribution in [3.05, 3.63) is 73.7 Å². The molecule has 0 N–H and O–H groups in total. The number of amides is 1. The van der Waals surface area contributed by atoms with E-state index >= 15 is 0 Å². The van der Waals surface area contributed by atoms with Crippen LogP contribution in [0.25, 0.3) is 0 Å². The van der Waals surface area contributed by atoms with Gasteiger partial charge in [0.25, 0.3) is 11.6 Å². The fourth-order valence-corrected chi connectivity index (χ4v) is 2.37. The largest absolute Gasteiger partial charge is 0.337 e. The molecule has 5 nitrogen and oxygen atoms in total. The standard InChI is InChI=1S/C15H11BrF2N2O3/c1-19(8-10-2-4-11(17)7-13(10)18)15(21)9-3-5-12(16)14(6-9)20(22)23/h2-7H,8H2,1H3. The minimum atomic E-state index is -0.758. The van der Waals surface area contributed by atoms with E-state index in [9.17, 15) is 23.7 Å². The molecule has 0 aliphatic rings. The van der Waals surface area contributed by atoms with Gasteiger partial charge in [-0.2, -0.15) is 0 Å². The van der Waals surface area contributed by atoms with Gasteiger partial charge in [-0.1, -0.05) is 6.07 Å². The molecule has 8 heteroatoms. The van der Waals surface area contributed by atoms with Crippen LogP contribution in [0.1, 0.15) is 15.9 Å². The molecular weight excluding hydrogens is 374 g/mol. The molecule has 23 heavy (non-hydrogen) atoms. The average molecular weight is 385 g/mol. The lowest BCUT2D eigenvalue weighted by Crippen LogP contribution is -2.26. The lowest BCUT2D eigenvalue weighted by atomic mass is 10.1. The van der Waals surface area contributed by atoms with E-state index in [1.165, 1.54) is 30.1 Å². The monoisotopic (exact) mass is 384 g/mol. The van der Waals surface area contributed by atoms with Gasteiger partial charge in [0, 0.05) is 36.9 Å². The van der Waals surface area contributed by atoms with Crippen molar-refractivity contribution in [2.24, 2.45) is 0 Å². The average Bonchev–Trinajstić information content (AvgIpc) is 2.49. The van der Waals surface area contributed by atoms with E-state index in [0.29, 0.717) is 0 Å². The quantitative estimate of drug-likeness (QED) is 0.592. The van der Waals surface area contributed by atoms with Crippen molar-refractivity contribution < 1.29 is 18.5 Å². The van der Waals surface area contributed by atoms with Gasteiger partial charge in [-0.25, -0.2) is 8.78 Å². The summed E-state index contributed by atoms with van der Waals surface area (Å²) >= 11 is 3.04. The first-order valence-corrected chi connectivity index (χ1v) is 7.22. The first-order valence-electron chi connectivity index (χ1n) is 6.43. The second-order valence-corrected chi connectivity index (χ2v) is 5.67. The Labute approximate surface area is 138 Å². The number of rotatable bonds is 4. The third-order valence-corrected chi connectivity index (χ3v) is 3.83. The number of hydrogen-bond donors (Lipinski definition) is 0. The van der Waals surface area contributed by atoms with Crippen molar-refractivity contribution in [3.63, 3.8) is 0 Å². The number of nitro benzene ring substituents is 1. The number of carbonyl (C=O) groups excluding carboxylic acids is 1. The van der Waals surface area contributed by atoms with Crippen molar-refractivity contribution >= 4 is 27.5 Å². The molecule has 0 heterocycles. The van der Waals surface area contributed by atoms with E-state index < -0.39 is 22.5 Å². The molecule has 0 aliphatic carbocycles. The molecule has 2 aromatic rings. The zero-order valence-corrected chi connectivity index (χ0v) is 13.5. The number of nitrogens with zero attached hydrogens (tertiary/aromatic N) is 2. The fourth-order valence-electron chi connectivity index (χ4n) is 1.98. The van der Waals surface area contributed by atoms with Crippen molar-refractivity contribution in [2.45, 2.75) is 6.54 Å². The van der Waals surface area contributed by atoms with Crippen molar-refractivity contribution in [1.82, 2.24) is 4.90 Å². The molecule has 0 aliphatic heterocycles. The number of carbonyl (C=O) groups is 1. The van der Waals surface area contributed by atoms with Gasteiger partial charge in [0.15, 0.2) is 0 Å². The predicted octanol–water partition coefficient (Wildman–Crippen LogP) is 3.91. The Kier molecular flexibility index (Phi) is 5.05. The SMILES string of the molecule is CN(Cc1ccc(F)cc1F)C(=O)c1ccc(Br)c([N+](=O)[O-])c1. The van der Waals surface area contributed by atoms with Crippen molar-refractivity contribution in [1.29, 1.82) is 0 Å². The Morgan fingerprint density at radius 2 is 1.96 bits per heavy atom. The number of halogens is 3. The summed E-state index contributed by atoms with van der Waals surface area (Å²) in [5.74, 6) is -1.97. The van der Waals surface area contributed by atoms with Crippen LogP contribution in [0, 0.1) is 21.7 Å². The summed E-state index contributed by atoms with van der Waals surface area (Å²) in [5.41, 5.74) is 0.0102. The van der Waals surface area contributed by atoms with E-state index in [4.69, 9.17) is 0 Å². The Morgan fingerprint density at radius 3 is 2.57 bits per heavy atom. The van der Waals surface area contributed by atoms with Crippen LogP contribution in [0.2, 0.25) is 0 Å². The summed E-state index contributed by atoms with van der Waals surface area (Å²) in [6, 6.07) is 7.05. The van der Waals surface area contributed by atoms with Crippen LogP contribution in [-0.2, 0) is 6.54 Å². The van der Waals surface area contributed by atoms with Gasteiger partial charge < -0.3 is 4.90 Å². The molecule has 0 unspecified atom stereocenters. The second kappa shape index (κ2) is 6.82. The number of hydrogen-bond acceptors (Lipinski definition) is 3. The highest BCUT2D eigenvalue weighted by atomic mass is 79.9. The highest BCUT2D eigenvalue weighted by Crippen LogP contribution is 2.26. The molecule has 0 aromatic heterocycles. The molecule has 0 fully saturated rings. The molecular formula is C15H11BrF2N2O3. The molecule has 0 radical (unpaired) electrons. The molecule has 0 atom stereocenters. The van der Waals surface area contributed by atoms with Crippen LogP contribution < -0.4 is 0 Å². The predicted molar refractivity (Wildman–Crippen MR) is 83.0 cm³/mol. The zero-order chi connectivity index (χ0) is 17.1. The van der Waals surface area contributed by atoms with Crippen LogP contribution in [0.5, 0.6) is 0 Å². The Balaban J connectivity index is 2.23. The minimum absolute atomic E-state index is 0.0885. The summed E-state index contributed by atoms with van der Waals surface area (Å²) in [5, 5.41) is 10.9. The van der Waals surface area contributed by atoms with Gasteiger partial charge in [-0.15, -0.1) is 0 Å². The number of nitro groups is 1. The van der Waals surface area contributed by atoms with Gasteiger partial charge in [0.1, 0.15) is 11.6 Å². The topological polar surface area (TPSA) is 63.5 Å². The Bertz CT molecular complexity index is 783. The zero-order valence-electron chi connectivity index (χ0n) is 11.9. The molecule has 120 valence electrons. The molecule has 1 amide bonds. The maximum absolute atomic E-state index is 13.6. The first-order chi connectivity index (χ1) is 10.8. The maximum atomic E-state index is 13.6. The van der Waals surface area contributed by atoms with E-state index in [1.807, 2.05) is 0 Å². The summed E-state index contributed by atoms with van der Waals surface area (Å²) in [6.07, 6.45) is 0. The Hall–Kier alpha value is -2.35. The smallest absolute Gasteiger partial charge is 0.284 e. The highest BCUT2D eigenvalue weighted by Gasteiger charge is 2.19. The molecule has 2 aromatic carbocycles. The summed E-state index contributed by atoms with van der Waals surface area (Å²) in [7, 11) is 1.43. The molecule has 2 rings (SSSR count). The normalized spacial score (nSPS) is 10.4. The third-order valence-electron chi connectivity index (χ3n) is 3.16. The van der Waals surface area contributed by atoms with Gasteiger partial charge in [0.05, 0.1) is 9.40 Å². The van der Waals surface area contributed by atoms with Crippen LogP contribution in [0.15, 0.2) is 40.9 Å². The molecule has 0 saturated carbocycles. The summed E-state index contributed by atoms with van der Waals surface area (Å²) in [4.78, 5) is 23.8. The molecule has 0 spiro atoms. The molecule has 0 saturated heterocycles. The van der Waals surface area contributed by atoms with Gasteiger partial charge in [-0.3, -0.25) is 14.9 Å². The van der Waals surface area contributed by atoms with E-state index in [0.717, 1.165) is 18.2 Å². The lowest BCUT2D eigenvalue weighted by Gasteiger charge is -2.17. The minimum Gasteiger partial charge on any atom is -0.337 e. The van der Waals surface area contributed by atoms with E-state index in [2.05, 4.69) is 15.9 Å². The summed E-state index contributed by atoms with van der Waals surface area (Å²) < 4.78 is 26.8. The third kappa shape index (κ3) is 3.89. The van der Waals surface area contributed by atoms with Crippen LogP contribution >= 0.6 is 15.9 Å².